The van der Waals surface area contributed by atoms with Gasteiger partial charge >= 0.3 is 0 Å². The van der Waals surface area contributed by atoms with Crippen molar-refractivity contribution in [1.29, 1.82) is 0 Å². The number of fused-ring (bicyclic) bond motifs is 1. The molecule has 0 amide bonds. The van der Waals surface area contributed by atoms with Crippen molar-refractivity contribution in [1.82, 2.24) is 15.1 Å². The molecule has 0 aromatic rings. The fourth-order valence-corrected chi connectivity index (χ4v) is 6.52. The maximum atomic E-state index is 6.13. The molecule has 1 N–H and O–H groups in total. The summed E-state index contributed by atoms with van der Waals surface area (Å²) >= 11 is 0. The lowest BCUT2D eigenvalue weighted by Gasteiger charge is -2.55. The van der Waals surface area contributed by atoms with Crippen molar-refractivity contribution in [2.75, 3.05) is 32.8 Å². The number of nitrogens with zero attached hydrogens (tertiary/aromatic N) is 2. The molecule has 4 atom stereocenters. The van der Waals surface area contributed by atoms with E-state index in [4.69, 9.17) is 4.74 Å². The van der Waals surface area contributed by atoms with E-state index in [1.807, 2.05) is 0 Å². The zero-order chi connectivity index (χ0) is 16.6. The largest absolute Gasteiger partial charge is 0.376 e. The van der Waals surface area contributed by atoms with Crippen LogP contribution in [0.2, 0.25) is 0 Å². The molecular weight excluding hydrogens is 310 g/mol. The number of ether oxygens (including phenoxy) is 1. The van der Waals surface area contributed by atoms with Crippen molar-refractivity contribution in [2.45, 2.75) is 94.5 Å². The van der Waals surface area contributed by atoms with Crippen LogP contribution in [-0.2, 0) is 4.74 Å². The normalized spacial score (nSPS) is 41.8. The first-order valence-corrected chi connectivity index (χ1v) is 11.3. The van der Waals surface area contributed by atoms with Gasteiger partial charge in [-0.1, -0.05) is 19.3 Å². The van der Waals surface area contributed by atoms with Crippen LogP contribution in [-0.4, -0.2) is 72.9 Å². The van der Waals surface area contributed by atoms with Gasteiger partial charge in [0.15, 0.2) is 0 Å². The summed E-state index contributed by atoms with van der Waals surface area (Å²) < 4.78 is 6.13. The third kappa shape index (κ3) is 3.28. The highest BCUT2D eigenvalue weighted by atomic mass is 16.5. The van der Waals surface area contributed by atoms with Crippen LogP contribution in [0.25, 0.3) is 0 Å². The fraction of sp³-hybridized carbons (Fsp3) is 1.00. The lowest BCUT2D eigenvalue weighted by Crippen LogP contribution is -2.72. The van der Waals surface area contributed by atoms with Crippen LogP contribution in [0.4, 0.5) is 0 Å². The number of hydrogen-bond acceptors (Lipinski definition) is 4. The molecular formula is C21H37N3O. The Morgan fingerprint density at radius 1 is 0.720 bits per heavy atom. The van der Waals surface area contributed by atoms with Gasteiger partial charge in [0.25, 0.3) is 0 Å². The number of hydrogen-bond donors (Lipinski definition) is 1. The molecule has 5 rings (SSSR count). The van der Waals surface area contributed by atoms with E-state index in [1.165, 1.54) is 90.4 Å². The second kappa shape index (κ2) is 7.46. The van der Waals surface area contributed by atoms with Gasteiger partial charge in [-0.15, -0.1) is 0 Å². The van der Waals surface area contributed by atoms with Crippen molar-refractivity contribution in [3.8, 4) is 0 Å². The third-order valence-electron chi connectivity index (χ3n) is 7.96. The van der Waals surface area contributed by atoms with Crippen LogP contribution in [0.3, 0.4) is 0 Å². The van der Waals surface area contributed by atoms with Gasteiger partial charge in [0, 0.05) is 30.7 Å². The SMILES string of the molecule is C1CCN([C@@H]2[C@@H](NC3CCN(C4CCCC4)CC3)[C@H]3CCO[C@H]32)CC1. The van der Waals surface area contributed by atoms with Gasteiger partial charge in [-0.25, -0.2) is 0 Å². The van der Waals surface area contributed by atoms with E-state index in [9.17, 15) is 0 Å². The molecule has 0 aromatic heterocycles. The Bertz CT molecular complexity index is 438. The van der Waals surface area contributed by atoms with Crippen LogP contribution in [0.1, 0.15) is 64.2 Å². The predicted octanol–water partition coefficient (Wildman–Crippen LogP) is 2.62. The molecule has 3 heterocycles. The lowest BCUT2D eigenvalue weighted by atomic mass is 9.69. The number of rotatable bonds is 4. The summed E-state index contributed by atoms with van der Waals surface area (Å²) in [6.45, 7) is 6.26. The van der Waals surface area contributed by atoms with Crippen molar-refractivity contribution >= 4 is 0 Å². The number of nitrogens with one attached hydrogen (secondary N) is 1. The minimum absolute atomic E-state index is 0.536. The first-order chi connectivity index (χ1) is 12.4. The van der Waals surface area contributed by atoms with E-state index in [0.717, 1.165) is 24.6 Å². The predicted molar refractivity (Wildman–Crippen MR) is 101 cm³/mol. The Morgan fingerprint density at radius 2 is 1.48 bits per heavy atom. The van der Waals surface area contributed by atoms with E-state index >= 15 is 0 Å². The van der Waals surface area contributed by atoms with Crippen LogP contribution in [0.15, 0.2) is 0 Å². The zero-order valence-corrected chi connectivity index (χ0v) is 15.9. The highest BCUT2D eigenvalue weighted by Crippen LogP contribution is 2.43. The Morgan fingerprint density at radius 3 is 2.24 bits per heavy atom. The van der Waals surface area contributed by atoms with Gasteiger partial charge < -0.3 is 15.0 Å². The molecule has 3 saturated heterocycles. The fourth-order valence-electron chi connectivity index (χ4n) is 6.52. The van der Waals surface area contributed by atoms with E-state index in [0.29, 0.717) is 18.2 Å². The Kier molecular flexibility index (Phi) is 5.06. The third-order valence-corrected chi connectivity index (χ3v) is 7.96. The zero-order valence-electron chi connectivity index (χ0n) is 15.9. The van der Waals surface area contributed by atoms with E-state index in [2.05, 4.69) is 15.1 Å². The number of likely N-dealkylation sites (tertiary alicyclic amines) is 2. The molecule has 0 spiro atoms. The molecule has 0 bridgehead atoms. The summed E-state index contributed by atoms with van der Waals surface area (Å²) in [4.78, 5) is 5.57. The first kappa shape index (κ1) is 17.0. The summed E-state index contributed by atoms with van der Waals surface area (Å²) in [6.07, 6.45) is 14.6. The van der Waals surface area contributed by atoms with Crippen molar-refractivity contribution < 1.29 is 4.74 Å². The monoisotopic (exact) mass is 347 g/mol. The second-order valence-corrected chi connectivity index (χ2v) is 9.32. The topological polar surface area (TPSA) is 27.7 Å². The Balaban J connectivity index is 1.17. The summed E-state index contributed by atoms with van der Waals surface area (Å²) in [5.41, 5.74) is 0. The maximum absolute atomic E-state index is 6.13. The molecule has 0 radical (unpaired) electrons. The van der Waals surface area contributed by atoms with Gasteiger partial charge in [0.2, 0.25) is 0 Å². The van der Waals surface area contributed by atoms with Gasteiger partial charge in [0.05, 0.1) is 12.1 Å². The van der Waals surface area contributed by atoms with Gasteiger partial charge in [-0.2, -0.15) is 0 Å². The smallest absolute Gasteiger partial charge is 0.0789 e. The maximum Gasteiger partial charge on any atom is 0.0789 e. The van der Waals surface area contributed by atoms with E-state index in [1.54, 1.807) is 0 Å². The lowest BCUT2D eigenvalue weighted by molar-refractivity contribution is -0.0932. The van der Waals surface area contributed by atoms with Crippen LogP contribution in [0, 0.1) is 5.92 Å². The summed E-state index contributed by atoms with van der Waals surface area (Å²) in [6, 6.07) is 3.03. The van der Waals surface area contributed by atoms with Crippen LogP contribution < -0.4 is 5.32 Å². The van der Waals surface area contributed by atoms with Crippen LogP contribution in [0.5, 0.6) is 0 Å². The standard InChI is InChI=1S/C21H37N3O/c1-4-11-24(12-5-1)20-19(18-10-15-25-21(18)20)22-16-8-13-23(14-9-16)17-6-2-3-7-17/h16-22H,1-15H2/t18-,19+,20-,21-/m1/s1. The van der Waals surface area contributed by atoms with Crippen molar-refractivity contribution in [3.05, 3.63) is 0 Å². The molecule has 142 valence electrons. The molecule has 2 aliphatic carbocycles. The van der Waals surface area contributed by atoms with Crippen molar-refractivity contribution in [2.24, 2.45) is 5.92 Å². The average Bonchev–Trinajstić information content (AvgIpc) is 3.32. The van der Waals surface area contributed by atoms with Crippen molar-refractivity contribution in [3.63, 3.8) is 0 Å². The Labute approximate surface area is 153 Å². The van der Waals surface area contributed by atoms with Crippen LogP contribution >= 0.6 is 0 Å². The second-order valence-electron chi connectivity index (χ2n) is 9.32. The quantitative estimate of drug-likeness (QED) is 0.846. The highest BCUT2D eigenvalue weighted by molar-refractivity contribution is 5.12. The minimum atomic E-state index is 0.536. The molecule has 5 aliphatic rings. The molecule has 2 saturated carbocycles. The molecule has 4 nitrogen and oxygen atoms in total. The summed E-state index contributed by atoms with van der Waals surface area (Å²) in [7, 11) is 0. The van der Waals surface area contributed by atoms with Gasteiger partial charge in [0.1, 0.15) is 0 Å². The molecule has 5 fully saturated rings. The molecule has 25 heavy (non-hydrogen) atoms. The van der Waals surface area contributed by atoms with E-state index < -0.39 is 0 Å². The average molecular weight is 348 g/mol. The molecule has 4 heteroatoms. The summed E-state index contributed by atoms with van der Waals surface area (Å²) in [5, 5.41) is 4.14. The first-order valence-electron chi connectivity index (χ1n) is 11.3. The number of piperidine rings is 2. The van der Waals surface area contributed by atoms with Gasteiger partial charge in [-0.3, -0.25) is 4.90 Å². The highest BCUT2D eigenvalue weighted by Gasteiger charge is 2.56. The molecule has 3 aliphatic heterocycles. The molecule has 0 aromatic carbocycles. The Hall–Kier alpha value is -0.160. The minimum Gasteiger partial charge on any atom is -0.376 e. The molecule has 0 unspecified atom stereocenters. The van der Waals surface area contributed by atoms with Gasteiger partial charge in [-0.05, 0) is 71.1 Å². The summed E-state index contributed by atoms with van der Waals surface area (Å²) in [5.74, 6) is 0.791. The van der Waals surface area contributed by atoms with E-state index in [-0.39, 0.29) is 0 Å².